The number of nitrogens with zero attached hydrogens (tertiary/aromatic N) is 2. The smallest absolute Gasteiger partial charge is 0.348 e. The van der Waals surface area contributed by atoms with Gasteiger partial charge in [-0.3, -0.25) is 15.2 Å². The predicted molar refractivity (Wildman–Crippen MR) is 162 cm³/mol. The van der Waals surface area contributed by atoms with E-state index in [4.69, 9.17) is 39.6 Å². The highest BCUT2D eigenvalue weighted by atomic mass is 16.6. The number of aromatic amines is 1. The maximum Gasteiger partial charge on any atom is 0.348 e. The number of carbonyl (C=O) groups is 1. The maximum absolute atomic E-state index is 13.2. The molecular weight excluding hydrogens is 572 g/mol. The molecule has 1 heterocycles. The van der Waals surface area contributed by atoms with Gasteiger partial charge in [0.05, 0.1) is 33.5 Å². The van der Waals surface area contributed by atoms with Gasteiger partial charge in [-0.1, -0.05) is 12.1 Å². The Bertz CT molecular complexity index is 1670. The lowest BCUT2D eigenvalue weighted by Crippen LogP contribution is -2.17. The fourth-order valence-corrected chi connectivity index (χ4v) is 4.42. The van der Waals surface area contributed by atoms with Crippen molar-refractivity contribution in [3.63, 3.8) is 0 Å². The third-order valence-corrected chi connectivity index (χ3v) is 6.41. The number of amidine groups is 1. The number of para-hydroxylation sites is 2. The molecule has 1 atom stereocenters. The second-order valence-corrected chi connectivity index (χ2v) is 9.29. The van der Waals surface area contributed by atoms with Gasteiger partial charge in [-0.25, -0.2) is 4.79 Å². The highest BCUT2D eigenvalue weighted by Gasteiger charge is 2.26. The van der Waals surface area contributed by atoms with Crippen LogP contribution in [0, 0.1) is 5.41 Å². The summed E-state index contributed by atoms with van der Waals surface area (Å²) in [5.41, 5.74) is 6.89. The first-order valence-electron chi connectivity index (χ1n) is 13.3. The summed E-state index contributed by atoms with van der Waals surface area (Å²) in [4.78, 5) is 27.8. The number of rotatable bonds is 14. The molecular formula is C30H34N6O8. The van der Waals surface area contributed by atoms with Crippen molar-refractivity contribution in [1.82, 2.24) is 14.8 Å². The van der Waals surface area contributed by atoms with E-state index in [1.54, 1.807) is 55.6 Å². The van der Waals surface area contributed by atoms with E-state index in [0.717, 1.165) is 0 Å². The number of ether oxygens (including phenoxy) is 6. The third kappa shape index (κ3) is 6.93. The number of benzene rings is 3. The molecule has 0 spiro atoms. The Labute approximate surface area is 253 Å². The van der Waals surface area contributed by atoms with Crippen molar-refractivity contribution in [2.45, 2.75) is 13.0 Å². The molecule has 14 nitrogen and oxygen atoms in total. The average Bonchev–Trinajstić information content (AvgIpc) is 3.40. The summed E-state index contributed by atoms with van der Waals surface area (Å²) in [6.07, 6.45) is 0. The number of methoxy groups -OCH3 is 4. The fourth-order valence-electron chi connectivity index (χ4n) is 4.42. The number of nitrogen functional groups attached to an aromatic ring is 1. The monoisotopic (exact) mass is 606 g/mol. The number of aromatic nitrogens is 3. The van der Waals surface area contributed by atoms with E-state index in [1.807, 2.05) is 0 Å². The first kappa shape index (κ1) is 31.4. The minimum Gasteiger partial charge on any atom is -0.494 e. The zero-order chi connectivity index (χ0) is 31.8. The van der Waals surface area contributed by atoms with Crippen molar-refractivity contribution in [2.75, 3.05) is 47.0 Å². The van der Waals surface area contributed by atoms with Gasteiger partial charge < -0.3 is 39.5 Å². The number of carbonyl (C=O) groups excluding carboxylic acids is 1. The van der Waals surface area contributed by atoms with Gasteiger partial charge in [0.1, 0.15) is 35.7 Å². The van der Waals surface area contributed by atoms with Gasteiger partial charge in [-0.15, -0.1) is 5.10 Å². The van der Waals surface area contributed by atoms with E-state index in [2.05, 4.69) is 15.4 Å². The van der Waals surface area contributed by atoms with Gasteiger partial charge >= 0.3 is 11.7 Å². The summed E-state index contributed by atoms with van der Waals surface area (Å²) in [7, 11) is 6.06. The molecule has 14 heteroatoms. The molecule has 0 aliphatic heterocycles. The third-order valence-electron chi connectivity index (χ3n) is 6.41. The Hall–Kier alpha value is -5.50. The van der Waals surface area contributed by atoms with Crippen molar-refractivity contribution in [3.8, 4) is 34.4 Å². The number of hydrogen-bond acceptors (Lipinski definition) is 11. The molecule has 232 valence electrons. The normalized spacial score (nSPS) is 11.4. The molecule has 4 aromatic rings. The molecule has 5 N–H and O–H groups in total. The molecule has 0 saturated heterocycles. The molecule has 3 aromatic carbocycles. The van der Waals surface area contributed by atoms with Crippen LogP contribution in [0.25, 0.3) is 5.69 Å². The van der Waals surface area contributed by atoms with Crippen LogP contribution in [0.5, 0.6) is 28.7 Å². The summed E-state index contributed by atoms with van der Waals surface area (Å²) in [6.45, 7) is 1.85. The van der Waals surface area contributed by atoms with E-state index in [1.165, 1.54) is 39.0 Å². The summed E-state index contributed by atoms with van der Waals surface area (Å²) in [5, 5.41) is 15.8. The summed E-state index contributed by atoms with van der Waals surface area (Å²) in [6, 6.07) is 14.3. The quantitative estimate of drug-likeness (QED) is 0.0544. The molecule has 0 aliphatic carbocycles. The molecule has 0 aliphatic rings. The summed E-state index contributed by atoms with van der Waals surface area (Å²) in [5.74, 6) is 0.987. The topological polar surface area (TPSA) is 185 Å². The van der Waals surface area contributed by atoms with Gasteiger partial charge in [0.15, 0.2) is 17.3 Å². The maximum atomic E-state index is 13.2. The number of nitrogens with two attached hydrogens (primary N) is 1. The Kier molecular flexibility index (Phi) is 10.1. The molecule has 1 aromatic heterocycles. The van der Waals surface area contributed by atoms with E-state index in [0.29, 0.717) is 46.5 Å². The lowest BCUT2D eigenvalue weighted by Gasteiger charge is -2.22. The van der Waals surface area contributed by atoms with E-state index >= 15 is 0 Å². The minimum atomic E-state index is -0.817. The second-order valence-electron chi connectivity index (χ2n) is 9.29. The van der Waals surface area contributed by atoms with Gasteiger partial charge in [0, 0.05) is 25.8 Å². The van der Waals surface area contributed by atoms with Crippen LogP contribution in [-0.4, -0.2) is 68.2 Å². The second kappa shape index (κ2) is 14.1. The first-order valence-corrected chi connectivity index (χ1v) is 13.3. The van der Waals surface area contributed by atoms with E-state index < -0.39 is 17.7 Å². The van der Waals surface area contributed by atoms with E-state index in [9.17, 15) is 9.59 Å². The first-order chi connectivity index (χ1) is 21.2. The van der Waals surface area contributed by atoms with Gasteiger partial charge in [0.2, 0.25) is 5.75 Å². The molecule has 4 rings (SSSR count). The van der Waals surface area contributed by atoms with Crippen molar-refractivity contribution in [1.29, 1.82) is 5.41 Å². The fraction of sp³-hybridized carbons (Fsp3) is 0.267. The number of esters is 1. The van der Waals surface area contributed by atoms with Crippen molar-refractivity contribution in [2.24, 2.45) is 5.73 Å². The largest absolute Gasteiger partial charge is 0.494 e. The predicted octanol–water partition coefficient (Wildman–Crippen LogP) is 3.02. The Balaban J connectivity index is 1.88. The molecule has 0 amide bonds. The van der Waals surface area contributed by atoms with Crippen LogP contribution in [-0.2, 0) is 9.53 Å². The van der Waals surface area contributed by atoms with Crippen molar-refractivity contribution < 1.29 is 33.2 Å². The number of H-pyrrole nitrogens is 1. The SMILES string of the molecule is COCCOc1c(OC)cc(C(Nc2ccc(C(=N)N)c(OC(C)=O)c2)c2nn(-c3ccccc3OC)c(=O)[nH]2)cc1OC. The highest BCUT2D eigenvalue weighted by Crippen LogP contribution is 2.41. The van der Waals surface area contributed by atoms with Crippen molar-refractivity contribution in [3.05, 3.63) is 82.0 Å². The Morgan fingerprint density at radius 2 is 1.66 bits per heavy atom. The zero-order valence-corrected chi connectivity index (χ0v) is 24.9. The van der Waals surface area contributed by atoms with Crippen LogP contribution in [0.2, 0.25) is 0 Å². The molecule has 1 unspecified atom stereocenters. The number of anilines is 1. The zero-order valence-electron chi connectivity index (χ0n) is 24.9. The summed E-state index contributed by atoms with van der Waals surface area (Å²) >= 11 is 0. The van der Waals surface area contributed by atoms with E-state index in [-0.39, 0.29) is 29.6 Å². The van der Waals surface area contributed by atoms with Gasteiger partial charge in [-0.2, -0.15) is 4.68 Å². The molecule has 0 saturated carbocycles. The number of nitrogens with one attached hydrogen (secondary N) is 3. The average molecular weight is 607 g/mol. The van der Waals surface area contributed by atoms with Crippen LogP contribution in [0.4, 0.5) is 5.69 Å². The molecule has 0 bridgehead atoms. The lowest BCUT2D eigenvalue weighted by molar-refractivity contribution is -0.131. The minimum absolute atomic E-state index is 0.0823. The van der Waals surface area contributed by atoms with Gasteiger partial charge in [-0.05, 0) is 42.0 Å². The standard InChI is InChI=1S/C30H34N6O8/c1-17(37)44-23-16-19(10-11-20(23)28(31)32)33-26(18-14-24(41-4)27(25(15-18)42-5)43-13-12-39-2)29-34-30(38)36(35-29)21-8-6-7-9-22(21)40-3/h6-11,14-16,26,33H,12-13H2,1-5H3,(H3,31,32)(H,34,35,38). The van der Waals surface area contributed by atoms with Crippen molar-refractivity contribution >= 4 is 17.5 Å². The Morgan fingerprint density at radius 1 is 0.977 bits per heavy atom. The van der Waals surface area contributed by atoms with Crippen LogP contribution in [0.1, 0.15) is 29.9 Å². The summed E-state index contributed by atoms with van der Waals surface area (Å²) < 4.78 is 34.2. The molecule has 0 fully saturated rings. The van der Waals surface area contributed by atoms with Crippen LogP contribution in [0.15, 0.2) is 59.4 Å². The van der Waals surface area contributed by atoms with Gasteiger partial charge in [0.25, 0.3) is 0 Å². The van der Waals surface area contributed by atoms with Crippen LogP contribution >= 0.6 is 0 Å². The molecule has 0 radical (unpaired) electrons. The Morgan fingerprint density at radius 3 is 2.27 bits per heavy atom. The lowest BCUT2D eigenvalue weighted by atomic mass is 10.0. The van der Waals surface area contributed by atoms with Crippen LogP contribution in [0.3, 0.4) is 0 Å². The highest BCUT2D eigenvalue weighted by molar-refractivity contribution is 5.98. The molecule has 44 heavy (non-hydrogen) atoms. The van der Waals surface area contributed by atoms with Crippen LogP contribution < -0.4 is 40.4 Å². The number of hydrogen-bond donors (Lipinski definition) is 4.